The van der Waals surface area contributed by atoms with Gasteiger partial charge in [-0.2, -0.15) is 9.78 Å². The van der Waals surface area contributed by atoms with E-state index in [-0.39, 0.29) is 17.6 Å². The summed E-state index contributed by atoms with van der Waals surface area (Å²) in [5.41, 5.74) is 0.129. The Morgan fingerprint density at radius 1 is 1.23 bits per heavy atom. The summed E-state index contributed by atoms with van der Waals surface area (Å²) in [4.78, 5) is 26.7. The third kappa shape index (κ3) is 4.53. The number of hydrogen-bond acceptors (Lipinski definition) is 5. The van der Waals surface area contributed by atoms with Crippen LogP contribution < -0.4 is 10.9 Å². The van der Waals surface area contributed by atoms with Gasteiger partial charge in [0.15, 0.2) is 0 Å². The first kappa shape index (κ1) is 18.2. The standard InChI is InChI=1S/C18H21FN4O3/c1-13(12-22-8-10-26-11-9-22)20-18(25)16-6-7-17(24)23(21-16)15-4-2-14(19)3-5-15/h2-7,13H,8-12H2,1H3,(H,20,25). The van der Waals surface area contributed by atoms with Gasteiger partial charge < -0.3 is 10.1 Å². The molecule has 0 spiro atoms. The summed E-state index contributed by atoms with van der Waals surface area (Å²) in [5.74, 6) is -0.769. The van der Waals surface area contributed by atoms with E-state index < -0.39 is 11.4 Å². The lowest BCUT2D eigenvalue weighted by Crippen LogP contribution is -2.46. The van der Waals surface area contributed by atoms with Crippen molar-refractivity contribution in [2.45, 2.75) is 13.0 Å². The van der Waals surface area contributed by atoms with E-state index in [4.69, 9.17) is 4.74 Å². The molecule has 0 saturated carbocycles. The SMILES string of the molecule is CC(CN1CCOCC1)NC(=O)c1ccc(=O)n(-c2ccc(F)cc2)n1. The lowest BCUT2D eigenvalue weighted by molar-refractivity contribution is 0.0342. The number of aromatic nitrogens is 2. The number of carbonyl (C=O) groups excluding carboxylic acids is 1. The molecule has 2 heterocycles. The molecular weight excluding hydrogens is 339 g/mol. The molecule has 3 rings (SSSR count). The van der Waals surface area contributed by atoms with Crippen LogP contribution in [0, 0.1) is 5.82 Å². The first-order valence-corrected chi connectivity index (χ1v) is 8.50. The van der Waals surface area contributed by atoms with Gasteiger partial charge in [-0.25, -0.2) is 4.39 Å². The average Bonchev–Trinajstić information content (AvgIpc) is 2.63. The number of ether oxygens (including phenoxy) is 1. The summed E-state index contributed by atoms with van der Waals surface area (Å²) >= 11 is 0. The molecule has 26 heavy (non-hydrogen) atoms. The summed E-state index contributed by atoms with van der Waals surface area (Å²) in [6.07, 6.45) is 0. The number of nitrogens with one attached hydrogen (secondary N) is 1. The molecule has 1 aromatic heterocycles. The molecule has 1 fully saturated rings. The van der Waals surface area contributed by atoms with E-state index in [0.29, 0.717) is 25.4 Å². The monoisotopic (exact) mass is 360 g/mol. The average molecular weight is 360 g/mol. The molecule has 1 aliphatic heterocycles. The van der Waals surface area contributed by atoms with Gasteiger partial charge in [-0.1, -0.05) is 0 Å². The Morgan fingerprint density at radius 3 is 2.62 bits per heavy atom. The van der Waals surface area contributed by atoms with Crippen molar-refractivity contribution in [2.24, 2.45) is 0 Å². The highest BCUT2D eigenvalue weighted by Gasteiger charge is 2.17. The Bertz CT molecular complexity index is 816. The zero-order valence-electron chi connectivity index (χ0n) is 14.5. The van der Waals surface area contributed by atoms with Crippen LogP contribution >= 0.6 is 0 Å². The van der Waals surface area contributed by atoms with Gasteiger partial charge in [0, 0.05) is 31.7 Å². The summed E-state index contributed by atoms with van der Waals surface area (Å²) in [5, 5.41) is 7.00. The summed E-state index contributed by atoms with van der Waals surface area (Å²) in [6, 6.07) is 7.94. The first-order valence-electron chi connectivity index (χ1n) is 8.50. The summed E-state index contributed by atoms with van der Waals surface area (Å²) in [6.45, 7) is 5.72. The van der Waals surface area contributed by atoms with Crippen molar-refractivity contribution in [1.29, 1.82) is 0 Å². The molecule has 1 amide bonds. The van der Waals surface area contributed by atoms with Crippen LogP contribution in [0.4, 0.5) is 4.39 Å². The summed E-state index contributed by atoms with van der Waals surface area (Å²) < 4.78 is 19.5. The second kappa shape index (κ2) is 8.20. The van der Waals surface area contributed by atoms with Crippen LogP contribution in [0.3, 0.4) is 0 Å². The molecular formula is C18H21FN4O3. The molecule has 0 aliphatic carbocycles. The van der Waals surface area contributed by atoms with Crippen molar-refractivity contribution < 1.29 is 13.9 Å². The molecule has 0 radical (unpaired) electrons. The van der Waals surface area contributed by atoms with Gasteiger partial charge in [-0.15, -0.1) is 0 Å². The summed E-state index contributed by atoms with van der Waals surface area (Å²) in [7, 11) is 0. The minimum atomic E-state index is -0.410. The predicted octanol–water partition coefficient (Wildman–Crippen LogP) is 0.822. The van der Waals surface area contributed by atoms with Gasteiger partial charge >= 0.3 is 0 Å². The maximum absolute atomic E-state index is 13.1. The normalized spacial score (nSPS) is 16.2. The fraction of sp³-hybridized carbons (Fsp3) is 0.389. The number of rotatable bonds is 5. The van der Waals surface area contributed by atoms with Crippen molar-refractivity contribution in [1.82, 2.24) is 20.0 Å². The van der Waals surface area contributed by atoms with Gasteiger partial charge in [-0.3, -0.25) is 14.5 Å². The van der Waals surface area contributed by atoms with Gasteiger partial charge in [0.1, 0.15) is 11.5 Å². The number of nitrogens with zero attached hydrogens (tertiary/aromatic N) is 3. The van der Waals surface area contributed by atoms with E-state index in [9.17, 15) is 14.0 Å². The van der Waals surface area contributed by atoms with Gasteiger partial charge in [0.05, 0.1) is 18.9 Å². The Morgan fingerprint density at radius 2 is 1.92 bits per heavy atom. The van der Waals surface area contributed by atoms with Crippen LogP contribution in [0.1, 0.15) is 17.4 Å². The van der Waals surface area contributed by atoms with Crippen LogP contribution in [-0.2, 0) is 4.74 Å². The molecule has 2 aromatic rings. The quantitative estimate of drug-likeness (QED) is 0.854. The number of morpholine rings is 1. The first-order chi connectivity index (χ1) is 12.5. The molecule has 1 aliphatic rings. The Labute approximate surface area is 150 Å². The highest BCUT2D eigenvalue weighted by Crippen LogP contribution is 2.06. The highest BCUT2D eigenvalue weighted by atomic mass is 19.1. The van der Waals surface area contributed by atoms with Crippen LogP contribution in [0.5, 0.6) is 0 Å². The molecule has 1 unspecified atom stereocenters. The lowest BCUT2D eigenvalue weighted by Gasteiger charge is -2.29. The third-order valence-electron chi connectivity index (χ3n) is 4.12. The molecule has 8 heteroatoms. The second-order valence-corrected chi connectivity index (χ2v) is 6.23. The van der Waals surface area contributed by atoms with Gasteiger partial charge in [0.2, 0.25) is 0 Å². The minimum Gasteiger partial charge on any atom is -0.379 e. The van der Waals surface area contributed by atoms with E-state index in [2.05, 4.69) is 15.3 Å². The predicted molar refractivity (Wildman–Crippen MR) is 94.0 cm³/mol. The molecule has 138 valence electrons. The van der Waals surface area contributed by atoms with Crippen molar-refractivity contribution in [3.63, 3.8) is 0 Å². The molecule has 1 atom stereocenters. The molecule has 7 nitrogen and oxygen atoms in total. The van der Waals surface area contributed by atoms with E-state index in [1.165, 1.54) is 36.4 Å². The molecule has 1 aromatic carbocycles. The van der Waals surface area contributed by atoms with Gasteiger partial charge in [0.25, 0.3) is 11.5 Å². The van der Waals surface area contributed by atoms with Crippen LogP contribution in [0.15, 0.2) is 41.2 Å². The number of amides is 1. The minimum absolute atomic E-state index is 0.0754. The molecule has 1 N–H and O–H groups in total. The zero-order chi connectivity index (χ0) is 18.5. The number of halogens is 1. The topological polar surface area (TPSA) is 76.5 Å². The highest BCUT2D eigenvalue weighted by molar-refractivity contribution is 5.92. The Kier molecular flexibility index (Phi) is 5.75. The van der Waals surface area contributed by atoms with Crippen molar-refractivity contribution in [3.8, 4) is 5.69 Å². The van der Waals surface area contributed by atoms with Crippen molar-refractivity contribution >= 4 is 5.91 Å². The zero-order valence-corrected chi connectivity index (χ0v) is 14.5. The van der Waals surface area contributed by atoms with Crippen LogP contribution in [0.2, 0.25) is 0 Å². The maximum atomic E-state index is 13.1. The number of carbonyl (C=O) groups is 1. The van der Waals surface area contributed by atoms with Crippen LogP contribution in [-0.4, -0.2) is 59.5 Å². The second-order valence-electron chi connectivity index (χ2n) is 6.23. The maximum Gasteiger partial charge on any atom is 0.271 e. The smallest absolute Gasteiger partial charge is 0.271 e. The van der Waals surface area contributed by atoms with E-state index in [1.54, 1.807) is 0 Å². The van der Waals surface area contributed by atoms with Crippen molar-refractivity contribution in [3.05, 3.63) is 58.3 Å². The third-order valence-corrected chi connectivity index (χ3v) is 4.12. The number of hydrogen-bond donors (Lipinski definition) is 1. The largest absolute Gasteiger partial charge is 0.379 e. The Balaban J connectivity index is 1.70. The van der Waals surface area contributed by atoms with E-state index in [1.807, 2.05) is 6.92 Å². The van der Waals surface area contributed by atoms with E-state index >= 15 is 0 Å². The Hall–Kier alpha value is -2.58. The van der Waals surface area contributed by atoms with Gasteiger partial charge in [-0.05, 0) is 37.3 Å². The molecule has 0 bridgehead atoms. The fourth-order valence-electron chi connectivity index (χ4n) is 2.81. The number of benzene rings is 1. The van der Waals surface area contributed by atoms with Crippen molar-refractivity contribution in [2.75, 3.05) is 32.8 Å². The fourth-order valence-corrected chi connectivity index (χ4v) is 2.81. The van der Waals surface area contributed by atoms with Crippen LogP contribution in [0.25, 0.3) is 5.69 Å². The lowest BCUT2D eigenvalue weighted by atomic mass is 10.2. The van der Waals surface area contributed by atoms with E-state index in [0.717, 1.165) is 17.8 Å². The molecule has 1 saturated heterocycles.